The highest BCUT2D eigenvalue weighted by molar-refractivity contribution is 9.10. The highest BCUT2D eigenvalue weighted by Crippen LogP contribution is 2.33. The number of hydrogen-bond acceptors (Lipinski definition) is 2. The fourth-order valence-corrected chi connectivity index (χ4v) is 1.69. The number of rotatable bonds is 1. The van der Waals surface area contributed by atoms with E-state index in [-0.39, 0.29) is 0 Å². The van der Waals surface area contributed by atoms with E-state index in [0.29, 0.717) is 21.0 Å². The van der Waals surface area contributed by atoms with Crippen molar-refractivity contribution in [2.45, 2.75) is 0 Å². The summed E-state index contributed by atoms with van der Waals surface area (Å²) < 4.78 is 0.674. The van der Waals surface area contributed by atoms with Crippen molar-refractivity contribution < 1.29 is 0 Å². The van der Waals surface area contributed by atoms with Crippen molar-refractivity contribution in [1.82, 2.24) is 10.2 Å². The van der Waals surface area contributed by atoms with Crippen LogP contribution in [0.5, 0.6) is 0 Å². The number of aromatic nitrogens is 2. The van der Waals surface area contributed by atoms with E-state index in [0.717, 1.165) is 5.56 Å². The van der Waals surface area contributed by atoms with Crippen molar-refractivity contribution in [3.8, 4) is 11.3 Å². The van der Waals surface area contributed by atoms with Gasteiger partial charge in [-0.15, -0.1) is 0 Å². The van der Waals surface area contributed by atoms with Crippen LogP contribution < -0.4 is 5.73 Å². The molecule has 0 aliphatic heterocycles. The van der Waals surface area contributed by atoms with Gasteiger partial charge in [0.15, 0.2) is 0 Å². The Morgan fingerprint density at radius 3 is 2.64 bits per heavy atom. The van der Waals surface area contributed by atoms with E-state index in [1.165, 1.54) is 0 Å². The maximum atomic E-state index is 6.02. The summed E-state index contributed by atoms with van der Waals surface area (Å²) in [6.45, 7) is 0. The lowest BCUT2D eigenvalue weighted by molar-refractivity contribution is 1.07. The van der Waals surface area contributed by atoms with Gasteiger partial charge in [-0.1, -0.05) is 29.8 Å². The van der Waals surface area contributed by atoms with Crippen LogP contribution in [-0.4, -0.2) is 10.2 Å². The summed E-state index contributed by atoms with van der Waals surface area (Å²) in [6.07, 6.45) is 0. The second kappa shape index (κ2) is 3.63. The molecule has 72 valence electrons. The normalized spacial score (nSPS) is 10.4. The molecule has 0 fully saturated rings. The number of hydrogen-bond donors (Lipinski definition) is 2. The van der Waals surface area contributed by atoms with E-state index in [9.17, 15) is 0 Å². The van der Waals surface area contributed by atoms with Gasteiger partial charge in [0.2, 0.25) is 0 Å². The van der Waals surface area contributed by atoms with Crippen LogP contribution >= 0.6 is 27.5 Å². The Labute approximate surface area is 94.4 Å². The minimum Gasteiger partial charge on any atom is -0.395 e. The Kier molecular flexibility index (Phi) is 2.48. The lowest BCUT2D eigenvalue weighted by atomic mass is 10.1. The molecule has 1 aromatic carbocycles. The first kappa shape index (κ1) is 9.55. The smallest absolute Gasteiger partial charge is 0.124 e. The van der Waals surface area contributed by atoms with Crippen LogP contribution in [0, 0.1) is 0 Å². The lowest BCUT2D eigenvalue weighted by Crippen LogP contribution is -1.87. The number of nitrogens with one attached hydrogen (secondary N) is 1. The van der Waals surface area contributed by atoms with Gasteiger partial charge < -0.3 is 5.73 Å². The predicted molar refractivity (Wildman–Crippen MR) is 61.1 cm³/mol. The summed E-state index contributed by atoms with van der Waals surface area (Å²) in [5.41, 5.74) is 7.87. The number of benzene rings is 1. The minimum atomic E-state index is 0.568. The first-order chi connectivity index (χ1) is 6.70. The number of aromatic amines is 1. The van der Waals surface area contributed by atoms with E-state index < -0.39 is 0 Å². The van der Waals surface area contributed by atoms with Gasteiger partial charge in [-0.2, -0.15) is 5.10 Å². The van der Waals surface area contributed by atoms with Crippen molar-refractivity contribution in [3.05, 3.63) is 33.9 Å². The van der Waals surface area contributed by atoms with E-state index in [4.69, 9.17) is 17.3 Å². The Balaban J connectivity index is 2.60. The molecule has 0 aliphatic rings. The molecule has 3 N–H and O–H groups in total. The van der Waals surface area contributed by atoms with Crippen LogP contribution in [0.25, 0.3) is 11.3 Å². The zero-order valence-electron chi connectivity index (χ0n) is 7.09. The number of nitrogens with two attached hydrogens (primary N) is 1. The van der Waals surface area contributed by atoms with E-state index in [1.807, 2.05) is 18.2 Å². The van der Waals surface area contributed by atoms with Gasteiger partial charge >= 0.3 is 0 Å². The summed E-state index contributed by atoms with van der Waals surface area (Å²) in [6, 6.07) is 7.44. The molecule has 0 saturated heterocycles. The van der Waals surface area contributed by atoms with Gasteiger partial charge in [0.05, 0.1) is 10.7 Å². The van der Waals surface area contributed by atoms with Crippen molar-refractivity contribution in [2.24, 2.45) is 0 Å². The summed E-state index contributed by atoms with van der Waals surface area (Å²) >= 11 is 9.27. The average molecular weight is 273 g/mol. The molecular formula is C9H7BrClN3. The van der Waals surface area contributed by atoms with Crippen molar-refractivity contribution >= 4 is 33.2 Å². The zero-order chi connectivity index (χ0) is 10.1. The molecule has 0 unspecified atom stereocenters. The third-order valence-electron chi connectivity index (χ3n) is 1.89. The molecule has 0 aliphatic carbocycles. The number of halogens is 2. The first-order valence-corrected chi connectivity index (χ1v) is 5.11. The maximum Gasteiger partial charge on any atom is 0.124 e. The third kappa shape index (κ3) is 1.51. The van der Waals surface area contributed by atoms with Crippen LogP contribution in [0.3, 0.4) is 0 Å². The van der Waals surface area contributed by atoms with Gasteiger partial charge in [-0.3, -0.25) is 5.10 Å². The van der Waals surface area contributed by atoms with Crippen LogP contribution in [0.4, 0.5) is 5.69 Å². The molecule has 0 atom stereocenters. The van der Waals surface area contributed by atoms with Crippen molar-refractivity contribution in [2.75, 3.05) is 5.73 Å². The number of nitrogen functional groups attached to an aromatic ring is 1. The number of nitrogens with zero attached hydrogens (tertiary/aromatic N) is 1. The summed E-state index contributed by atoms with van der Waals surface area (Å²) in [5.74, 6) is 0. The molecule has 0 spiro atoms. The van der Waals surface area contributed by atoms with Crippen LogP contribution in [0.15, 0.2) is 28.9 Å². The molecule has 2 rings (SSSR count). The van der Waals surface area contributed by atoms with Gasteiger partial charge in [0, 0.05) is 5.56 Å². The van der Waals surface area contributed by atoms with E-state index in [2.05, 4.69) is 26.1 Å². The third-order valence-corrected chi connectivity index (χ3v) is 2.82. The standard InChI is InChI=1S/C9H7BrClN3/c10-9-7(12)8(13-14-9)5-3-1-2-4-6(5)11/h1-4H,12H2,(H,13,14). The molecule has 5 heteroatoms. The Morgan fingerprint density at radius 1 is 1.36 bits per heavy atom. The SMILES string of the molecule is Nc1c(-c2ccccc2Cl)n[nH]c1Br. The minimum absolute atomic E-state index is 0.568. The molecule has 0 saturated carbocycles. The van der Waals surface area contributed by atoms with Crippen LogP contribution in [0.2, 0.25) is 5.02 Å². The van der Waals surface area contributed by atoms with Crippen molar-refractivity contribution in [3.63, 3.8) is 0 Å². The van der Waals surface area contributed by atoms with Crippen molar-refractivity contribution in [1.29, 1.82) is 0 Å². The summed E-state index contributed by atoms with van der Waals surface area (Å²) in [7, 11) is 0. The van der Waals surface area contributed by atoms with Gasteiger partial charge in [-0.05, 0) is 22.0 Å². The van der Waals surface area contributed by atoms with Gasteiger partial charge in [-0.25, -0.2) is 0 Å². The molecule has 1 heterocycles. The monoisotopic (exact) mass is 271 g/mol. The van der Waals surface area contributed by atoms with E-state index >= 15 is 0 Å². The van der Waals surface area contributed by atoms with Gasteiger partial charge in [0.25, 0.3) is 0 Å². The Morgan fingerprint density at radius 2 is 2.07 bits per heavy atom. The topological polar surface area (TPSA) is 54.7 Å². The highest BCUT2D eigenvalue weighted by Gasteiger charge is 2.11. The molecule has 0 amide bonds. The molecule has 1 aromatic heterocycles. The summed E-state index contributed by atoms with van der Waals surface area (Å²) in [5, 5.41) is 7.45. The quantitative estimate of drug-likeness (QED) is 0.838. The van der Waals surface area contributed by atoms with Crippen LogP contribution in [0.1, 0.15) is 0 Å². The molecular weight excluding hydrogens is 265 g/mol. The second-order valence-corrected chi connectivity index (χ2v) is 3.98. The molecule has 14 heavy (non-hydrogen) atoms. The summed E-state index contributed by atoms with van der Waals surface area (Å²) in [4.78, 5) is 0. The molecule has 0 radical (unpaired) electrons. The number of anilines is 1. The van der Waals surface area contributed by atoms with Gasteiger partial charge in [0.1, 0.15) is 10.3 Å². The second-order valence-electron chi connectivity index (χ2n) is 2.78. The average Bonchev–Trinajstić information content (AvgIpc) is 2.49. The largest absolute Gasteiger partial charge is 0.395 e. The lowest BCUT2D eigenvalue weighted by Gasteiger charge is -2.00. The number of H-pyrrole nitrogens is 1. The van der Waals surface area contributed by atoms with Crippen LogP contribution in [-0.2, 0) is 0 Å². The fourth-order valence-electron chi connectivity index (χ4n) is 1.19. The zero-order valence-corrected chi connectivity index (χ0v) is 9.43. The predicted octanol–water partition coefficient (Wildman–Crippen LogP) is 3.07. The molecule has 0 bridgehead atoms. The Hall–Kier alpha value is -1.00. The maximum absolute atomic E-state index is 6.02. The molecule has 2 aromatic rings. The van der Waals surface area contributed by atoms with E-state index in [1.54, 1.807) is 6.07 Å². The first-order valence-electron chi connectivity index (χ1n) is 3.94. The highest BCUT2D eigenvalue weighted by atomic mass is 79.9. The molecule has 3 nitrogen and oxygen atoms in total. The Bertz CT molecular complexity index is 467. The fraction of sp³-hybridized carbons (Fsp3) is 0.